The van der Waals surface area contributed by atoms with E-state index in [2.05, 4.69) is 24.3 Å². The first-order valence-electron chi connectivity index (χ1n) is 6.29. The van der Waals surface area contributed by atoms with Crippen LogP contribution >= 0.6 is 0 Å². The predicted molar refractivity (Wildman–Crippen MR) is 65.6 cm³/mol. The van der Waals surface area contributed by atoms with Gasteiger partial charge in [-0.25, -0.2) is 4.79 Å². The van der Waals surface area contributed by atoms with Crippen molar-refractivity contribution in [2.45, 2.75) is 51.3 Å². The summed E-state index contributed by atoms with van der Waals surface area (Å²) in [7, 11) is 0. The van der Waals surface area contributed by atoms with Crippen molar-refractivity contribution in [1.29, 1.82) is 0 Å². The monoisotopic (exact) mass is 233 g/mol. The minimum atomic E-state index is -0.417. The molecular formula is C14H19NO2. The van der Waals surface area contributed by atoms with Gasteiger partial charge in [0.15, 0.2) is 0 Å². The normalized spacial score (nSPS) is 37.7. The summed E-state index contributed by atoms with van der Waals surface area (Å²) in [5, 5.41) is 0. The van der Waals surface area contributed by atoms with Crippen LogP contribution in [-0.4, -0.2) is 28.7 Å². The number of carbonyl (C=O) groups excluding carboxylic acids is 1. The molecule has 17 heavy (non-hydrogen) atoms. The van der Waals surface area contributed by atoms with Crippen molar-refractivity contribution in [3.05, 3.63) is 24.3 Å². The molecule has 3 rings (SSSR count). The number of likely N-dealkylation sites (tertiary alicyclic amines) is 1. The maximum atomic E-state index is 12.2. The molecule has 0 radical (unpaired) electrons. The molecule has 3 aliphatic rings. The van der Waals surface area contributed by atoms with Gasteiger partial charge in [-0.15, -0.1) is 0 Å². The van der Waals surface area contributed by atoms with Crippen LogP contribution in [0.2, 0.25) is 0 Å². The maximum Gasteiger partial charge on any atom is 0.411 e. The lowest BCUT2D eigenvalue weighted by molar-refractivity contribution is -0.0781. The van der Waals surface area contributed by atoms with Crippen LogP contribution in [0.3, 0.4) is 0 Å². The van der Waals surface area contributed by atoms with Crippen molar-refractivity contribution in [3.63, 3.8) is 0 Å². The standard InChI is InChI=1S/C14H19NO2/c1-13(2,3)17-12(16)15-10-6-4-8-14(10)9-5-7-11(14)15/h4-7,10-11H,8-9H2,1-3H3. The van der Waals surface area contributed by atoms with E-state index < -0.39 is 5.60 Å². The number of ether oxygens (including phenoxy) is 1. The Morgan fingerprint density at radius 2 is 1.76 bits per heavy atom. The molecule has 2 unspecified atom stereocenters. The molecule has 92 valence electrons. The van der Waals surface area contributed by atoms with Gasteiger partial charge in [0.2, 0.25) is 0 Å². The van der Waals surface area contributed by atoms with Crippen LogP contribution < -0.4 is 0 Å². The van der Waals surface area contributed by atoms with E-state index in [4.69, 9.17) is 4.74 Å². The average Bonchev–Trinajstić information content (AvgIpc) is 2.69. The van der Waals surface area contributed by atoms with Gasteiger partial charge in [0.05, 0.1) is 12.1 Å². The molecule has 0 N–H and O–H groups in total. The fraction of sp³-hybridized carbons (Fsp3) is 0.643. The second-order valence-corrected chi connectivity index (χ2v) is 6.28. The number of hydrogen-bond donors (Lipinski definition) is 0. The molecule has 0 bridgehead atoms. The largest absolute Gasteiger partial charge is 0.444 e. The molecule has 0 saturated carbocycles. The molecule has 0 aromatic carbocycles. The molecule has 1 fully saturated rings. The lowest BCUT2D eigenvalue weighted by Gasteiger charge is -2.57. The Balaban J connectivity index is 1.79. The first-order valence-corrected chi connectivity index (χ1v) is 6.29. The van der Waals surface area contributed by atoms with E-state index in [1.54, 1.807) is 0 Å². The Hall–Kier alpha value is -1.25. The van der Waals surface area contributed by atoms with Gasteiger partial charge in [0.1, 0.15) is 5.60 Å². The van der Waals surface area contributed by atoms with E-state index in [-0.39, 0.29) is 23.6 Å². The highest BCUT2D eigenvalue weighted by atomic mass is 16.6. The molecule has 0 aromatic rings. The van der Waals surface area contributed by atoms with Crippen molar-refractivity contribution in [1.82, 2.24) is 4.90 Å². The predicted octanol–water partition coefficient (Wildman–Crippen LogP) is 2.88. The van der Waals surface area contributed by atoms with Crippen LogP contribution in [0, 0.1) is 5.41 Å². The zero-order valence-corrected chi connectivity index (χ0v) is 10.6. The second-order valence-electron chi connectivity index (χ2n) is 6.28. The summed E-state index contributed by atoms with van der Waals surface area (Å²) in [6.07, 6.45) is 10.7. The fourth-order valence-electron chi connectivity index (χ4n) is 3.33. The fourth-order valence-corrected chi connectivity index (χ4v) is 3.33. The minimum absolute atomic E-state index is 0.179. The Labute approximate surface area is 102 Å². The van der Waals surface area contributed by atoms with Gasteiger partial charge >= 0.3 is 6.09 Å². The topological polar surface area (TPSA) is 29.5 Å². The van der Waals surface area contributed by atoms with Gasteiger partial charge in [0.25, 0.3) is 0 Å². The molecule has 2 atom stereocenters. The third-order valence-electron chi connectivity index (χ3n) is 4.01. The number of hydrogen-bond acceptors (Lipinski definition) is 2. The smallest absolute Gasteiger partial charge is 0.411 e. The van der Waals surface area contributed by atoms with Crippen molar-refractivity contribution in [3.8, 4) is 0 Å². The van der Waals surface area contributed by atoms with Gasteiger partial charge in [0, 0.05) is 5.41 Å². The van der Waals surface area contributed by atoms with Crippen molar-refractivity contribution in [2.75, 3.05) is 0 Å². The van der Waals surface area contributed by atoms with Gasteiger partial charge in [-0.05, 0) is 33.6 Å². The minimum Gasteiger partial charge on any atom is -0.444 e. The zero-order valence-electron chi connectivity index (χ0n) is 10.6. The highest BCUT2D eigenvalue weighted by molar-refractivity contribution is 5.73. The van der Waals surface area contributed by atoms with Gasteiger partial charge in [-0.1, -0.05) is 24.3 Å². The number of amides is 1. The van der Waals surface area contributed by atoms with Crippen LogP contribution in [0.4, 0.5) is 4.79 Å². The summed E-state index contributed by atoms with van der Waals surface area (Å²) in [5.41, 5.74) is -0.142. The van der Waals surface area contributed by atoms with Crippen molar-refractivity contribution < 1.29 is 9.53 Å². The molecule has 1 heterocycles. The molecule has 1 amide bonds. The molecule has 2 aliphatic carbocycles. The summed E-state index contributed by atoms with van der Waals surface area (Å²) in [5.74, 6) is 0. The lowest BCUT2D eigenvalue weighted by Crippen LogP contribution is -2.69. The van der Waals surface area contributed by atoms with Gasteiger partial charge in [-0.3, -0.25) is 4.90 Å². The third-order valence-corrected chi connectivity index (χ3v) is 4.01. The van der Waals surface area contributed by atoms with Crippen LogP contribution in [0.5, 0.6) is 0 Å². The molecular weight excluding hydrogens is 214 g/mol. The summed E-state index contributed by atoms with van der Waals surface area (Å²) in [4.78, 5) is 14.0. The SMILES string of the molecule is CC(C)(C)OC(=O)N1C2C=CCC23CC=CC13. The summed E-state index contributed by atoms with van der Waals surface area (Å²) in [6, 6.07) is 0.495. The Bertz CT molecular complexity index is 390. The van der Waals surface area contributed by atoms with E-state index in [0.29, 0.717) is 0 Å². The third kappa shape index (κ3) is 1.38. The van der Waals surface area contributed by atoms with Crippen LogP contribution in [-0.2, 0) is 4.74 Å². The first-order chi connectivity index (χ1) is 7.94. The molecule has 1 aliphatic heterocycles. The van der Waals surface area contributed by atoms with E-state index in [0.717, 1.165) is 12.8 Å². The molecule has 1 saturated heterocycles. The quantitative estimate of drug-likeness (QED) is 0.602. The number of rotatable bonds is 0. The Morgan fingerprint density at radius 3 is 2.24 bits per heavy atom. The van der Waals surface area contributed by atoms with Crippen molar-refractivity contribution >= 4 is 6.09 Å². The maximum absolute atomic E-state index is 12.2. The van der Waals surface area contributed by atoms with Crippen LogP contribution in [0.1, 0.15) is 33.6 Å². The van der Waals surface area contributed by atoms with Gasteiger partial charge in [-0.2, -0.15) is 0 Å². The van der Waals surface area contributed by atoms with Gasteiger partial charge < -0.3 is 4.74 Å². The highest BCUT2D eigenvalue weighted by Gasteiger charge is 2.63. The number of nitrogens with zero attached hydrogens (tertiary/aromatic N) is 1. The van der Waals surface area contributed by atoms with E-state index >= 15 is 0 Å². The highest BCUT2D eigenvalue weighted by Crippen LogP contribution is 2.57. The first kappa shape index (κ1) is 10.9. The summed E-state index contributed by atoms with van der Waals surface area (Å²) >= 11 is 0. The number of carbonyl (C=O) groups is 1. The summed E-state index contributed by atoms with van der Waals surface area (Å²) in [6.45, 7) is 5.73. The van der Waals surface area contributed by atoms with E-state index in [1.165, 1.54) is 0 Å². The van der Waals surface area contributed by atoms with E-state index in [9.17, 15) is 4.79 Å². The molecule has 0 aromatic heterocycles. The number of allylic oxidation sites excluding steroid dienone is 2. The molecule has 3 heteroatoms. The average molecular weight is 233 g/mol. The van der Waals surface area contributed by atoms with Crippen molar-refractivity contribution in [2.24, 2.45) is 5.41 Å². The van der Waals surface area contributed by atoms with Crippen LogP contribution in [0.15, 0.2) is 24.3 Å². The zero-order chi connectivity index (χ0) is 12.3. The summed E-state index contributed by atoms with van der Waals surface area (Å²) < 4.78 is 5.47. The Kier molecular flexibility index (Phi) is 2.02. The molecule has 1 spiro atoms. The van der Waals surface area contributed by atoms with E-state index in [1.807, 2.05) is 25.7 Å². The molecule has 3 nitrogen and oxygen atoms in total. The van der Waals surface area contributed by atoms with Crippen LogP contribution in [0.25, 0.3) is 0 Å². The second kappa shape index (κ2) is 3.15. The Morgan fingerprint density at radius 1 is 1.24 bits per heavy atom. The lowest BCUT2D eigenvalue weighted by atomic mass is 9.67.